The molecule has 2 N–H and O–H groups in total. The van der Waals surface area contributed by atoms with Crippen LogP contribution in [0.5, 0.6) is 11.5 Å². The quantitative estimate of drug-likeness (QED) is 0.675. The summed E-state index contributed by atoms with van der Waals surface area (Å²) < 4.78 is 12.2. The van der Waals surface area contributed by atoms with Crippen molar-refractivity contribution >= 4 is 60.8 Å². The van der Waals surface area contributed by atoms with Crippen LogP contribution in [0.3, 0.4) is 0 Å². The topological polar surface area (TPSA) is 97.7 Å². The van der Waals surface area contributed by atoms with Gasteiger partial charge in [-0.15, -0.1) is 0 Å². The van der Waals surface area contributed by atoms with Gasteiger partial charge in [-0.1, -0.05) is 0 Å². The first-order chi connectivity index (χ1) is 11.0. The molecule has 0 bridgehead atoms. The standard InChI is InChI=1S/C14H11Br2N3O3S/c1-2-21-8-5-7(6-9-13(20)19-14(18)23-9)10(15)11(16)12(8)22-4-3-17/h5-6H,2,4H2,1H3,(H2,18,19,20)/b9-6-. The van der Waals surface area contributed by atoms with Gasteiger partial charge >= 0.3 is 0 Å². The van der Waals surface area contributed by atoms with E-state index < -0.39 is 0 Å². The second-order valence-electron chi connectivity index (χ2n) is 4.17. The van der Waals surface area contributed by atoms with Crippen LogP contribution in [0.2, 0.25) is 0 Å². The third-order valence-corrected chi connectivity index (χ3v) is 5.62. The average Bonchev–Trinajstić information content (AvgIpc) is 2.82. The van der Waals surface area contributed by atoms with E-state index >= 15 is 0 Å². The van der Waals surface area contributed by atoms with Gasteiger partial charge in [-0.25, -0.2) is 0 Å². The molecule has 0 aliphatic carbocycles. The molecule has 0 saturated heterocycles. The molecule has 0 aromatic heterocycles. The Bertz CT molecular complexity index is 757. The number of nitrogens with two attached hydrogens (primary N) is 1. The number of ether oxygens (including phenoxy) is 2. The number of hydrogen-bond acceptors (Lipinski definition) is 6. The Balaban J connectivity index is 2.48. The summed E-state index contributed by atoms with van der Waals surface area (Å²) in [6.45, 7) is 2.16. The fourth-order valence-corrected chi connectivity index (χ4v) is 3.40. The first kappa shape index (κ1) is 17.8. The Labute approximate surface area is 154 Å². The van der Waals surface area contributed by atoms with Crippen molar-refractivity contribution in [2.24, 2.45) is 10.7 Å². The van der Waals surface area contributed by atoms with Gasteiger partial charge in [0.05, 0.1) is 16.0 Å². The average molecular weight is 461 g/mol. The fourth-order valence-electron chi connectivity index (χ4n) is 1.78. The molecule has 0 radical (unpaired) electrons. The van der Waals surface area contributed by atoms with Crippen molar-refractivity contribution in [3.8, 4) is 17.6 Å². The van der Waals surface area contributed by atoms with Gasteiger partial charge in [0.2, 0.25) is 0 Å². The smallest absolute Gasteiger partial charge is 0.286 e. The Morgan fingerprint density at radius 3 is 2.74 bits per heavy atom. The summed E-state index contributed by atoms with van der Waals surface area (Å²) in [6.07, 6.45) is 1.67. The minimum atomic E-state index is -0.377. The number of rotatable bonds is 5. The lowest BCUT2D eigenvalue weighted by Crippen LogP contribution is -2.01. The van der Waals surface area contributed by atoms with Crippen LogP contribution in [0.4, 0.5) is 0 Å². The molecule has 1 aromatic carbocycles. The van der Waals surface area contributed by atoms with Crippen LogP contribution in [-0.4, -0.2) is 24.3 Å². The molecule has 0 fully saturated rings. The lowest BCUT2D eigenvalue weighted by molar-refractivity contribution is -0.113. The van der Waals surface area contributed by atoms with E-state index in [4.69, 9.17) is 20.5 Å². The molecule has 9 heteroatoms. The molecule has 0 spiro atoms. The maximum atomic E-state index is 11.7. The van der Waals surface area contributed by atoms with Crippen LogP contribution in [0.15, 0.2) is 24.9 Å². The van der Waals surface area contributed by atoms with Crippen molar-refractivity contribution < 1.29 is 14.3 Å². The number of carbonyl (C=O) groups excluding carboxylic acids is 1. The molecule has 2 rings (SSSR count). The predicted octanol–water partition coefficient (Wildman–Crippen LogP) is 3.44. The van der Waals surface area contributed by atoms with Gasteiger partial charge in [0.15, 0.2) is 23.3 Å². The Kier molecular flexibility index (Phi) is 6.10. The van der Waals surface area contributed by atoms with Crippen LogP contribution in [0.1, 0.15) is 12.5 Å². The summed E-state index contributed by atoms with van der Waals surface area (Å²) >= 11 is 7.98. The highest BCUT2D eigenvalue weighted by molar-refractivity contribution is 9.13. The van der Waals surface area contributed by atoms with Gasteiger partial charge in [0.25, 0.3) is 5.91 Å². The van der Waals surface area contributed by atoms with E-state index in [1.807, 2.05) is 13.0 Å². The highest BCUT2D eigenvalue weighted by Gasteiger charge is 2.22. The molecule has 1 aliphatic rings. The third-order valence-electron chi connectivity index (χ3n) is 2.66. The van der Waals surface area contributed by atoms with Gasteiger partial charge in [-0.3, -0.25) is 4.79 Å². The fraction of sp³-hybridized carbons (Fsp3) is 0.214. The molecule has 23 heavy (non-hydrogen) atoms. The van der Waals surface area contributed by atoms with E-state index in [1.165, 1.54) is 0 Å². The molecule has 0 unspecified atom stereocenters. The van der Waals surface area contributed by atoms with Crippen molar-refractivity contribution in [2.75, 3.05) is 13.2 Å². The number of amidine groups is 1. The number of nitriles is 1. The van der Waals surface area contributed by atoms with Crippen LogP contribution < -0.4 is 15.2 Å². The first-order valence-electron chi connectivity index (χ1n) is 6.40. The third kappa shape index (κ3) is 4.07. The predicted molar refractivity (Wildman–Crippen MR) is 96.3 cm³/mol. The van der Waals surface area contributed by atoms with Crippen molar-refractivity contribution in [2.45, 2.75) is 6.92 Å². The maximum absolute atomic E-state index is 11.7. The van der Waals surface area contributed by atoms with Crippen LogP contribution in [0.25, 0.3) is 6.08 Å². The molecule has 0 saturated carbocycles. The minimum absolute atomic E-state index is 0.107. The van der Waals surface area contributed by atoms with E-state index in [0.717, 1.165) is 11.8 Å². The molecule has 120 valence electrons. The van der Waals surface area contributed by atoms with Crippen molar-refractivity contribution in [3.05, 3.63) is 25.5 Å². The van der Waals surface area contributed by atoms with E-state index in [2.05, 4.69) is 36.9 Å². The monoisotopic (exact) mass is 459 g/mol. The zero-order chi connectivity index (χ0) is 17.0. The van der Waals surface area contributed by atoms with E-state index in [0.29, 0.717) is 37.5 Å². The van der Waals surface area contributed by atoms with Gasteiger partial charge in [0.1, 0.15) is 6.07 Å². The highest BCUT2D eigenvalue weighted by atomic mass is 79.9. The van der Waals surface area contributed by atoms with Crippen LogP contribution in [-0.2, 0) is 4.79 Å². The minimum Gasteiger partial charge on any atom is -0.490 e. The number of nitrogens with zero attached hydrogens (tertiary/aromatic N) is 2. The summed E-state index contributed by atoms with van der Waals surface area (Å²) in [5, 5.41) is 8.91. The molecule has 0 atom stereocenters. The first-order valence-corrected chi connectivity index (χ1v) is 8.80. The van der Waals surface area contributed by atoms with Gasteiger partial charge in [-0.2, -0.15) is 10.3 Å². The lowest BCUT2D eigenvalue weighted by Gasteiger charge is -2.15. The van der Waals surface area contributed by atoms with Crippen LogP contribution in [0, 0.1) is 11.3 Å². The van der Waals surface area contributed by atoms with Crippen molar-refractivity contribution in [1.29, 1.82) is 5.26 Å². The number of hydrogen-bond donors (Lipinski definition) is 1. The number of halogens is 2. The molecule has 1 aliphatic heterocycles. The van der Waals surface area contributed by atoms with Crippen molar-refractivity contribution in [1.82, 2.24) is 0 Å². The number of benzene rings is 1. The summed E-state index contributed by atoms with van der Waals surface area (Å²) in [4.78, 5) is 15.8. The molecule has 1 aromatic rings. The zero-order valence-electron chi connectivity index (χ0n) is 11.9. The number of carbonyl (C=O) groups is 1. The van der Waals surface area contributed by atoms with Crippen LogP contribution >= 0.6 is 43.6 Å². The summed E-state index contributed by atoms with van der Waals surface area (Å²) in [5.74, 6) is 0.510. The van der Waals surface area contributed by atoms with Gasteiger partial charge in [0, 0.05) is 4.47 Å². The Hall–Kier alpha value is -1.50. The summed E-state index contributed by atoms with van der Waals surface area (Å²) in [7, 11) is 0. The van der Waals surface area contributed by atoms with E-state index in [-0.39, 0.29) is 17.7 Å². The summed E-state index contributed by atoms with van der Waals surface area (Å²) in [6, 6.07) is 3.64. The molecular weight excluding hydrogens is 450 g/mol. The SMILES string of the molecule is CCOc1cc(/C=C2\SC(N)=NC2=O)c(Br)c(Br)c1OCC#N. The maximum Gasteiger partial charge on any atom is 0.286 e. The normalized spacial score (nSPS) is 15.5. The second-order valence-corrected chi connectivity index (χ2v) is 6.81. The second kappa shape index (κ2) is 7.86. The van der Waals surface area contributed by atoms with E-state index in [1.54, 1.807) is 12.1 Å². The Morgan fingerprint density at radius 1 is 1.43 bits per heavy atom. The van der Waals surface area contributed by atoms with E-state index in [9.17, 15) is 4.79 Å². The number of amides is 1. The molecule has 1 heterocycles. The number of thioether (sulfide) groups is 1. The lowest BCUT2D eigenvalue weighted by atomic mass is 10.2. The summed E-state index contributed by atoms with van der Waals surface area (Å²) in [5.41, 5.74) is 6.25. The number of aliphatic imine (C=N–C) groups is 1. The Morgan fingerprint density at radius 2 is 2.17 bits per heavy atom. The zero-order valence-corrected chi connectivity index (χ0v) is 15.9. The molecule has 1 amide bonds. The van der Waals surface area contributed by atoms with Crippen molar-refractivity contribution in [3.63, 3.8) is 0 Å². The molecule has 6 nitrogen and oxygen atoms in total. The highest BCUT2D eigenvalue weighted by Crippen LogP contribution is 2.44. The van der Waals surface area contributed by atoms with Gasteiger partial charge in [-0.05, 0) is 68.3 Å². The molecular formula is C14H11Br2N3O3S. The van der Waals surface area contributed by atoms with Gasteiger partial charge < -0.3 is 15.2 Å². The largest absolute Gasteiger partial charge is 0.490 e.